The average molecular weight is 238 g/mol. The number of nitrogens with zero attached hydrogens (tertiary/aromatic N) is 2. The van der Waals surface area contributed by atoms with Crippen molar-refractivity contribution in [2.75, 3.05) is 19.6 Å². The minimum atomic E-state index is 0.126. The van der Waals surface area contributed by atoms with E-state index in [-0.39, 0.29) is 5.91 Å². The van der Waals surface area contributed by atoms with Gasteiger partial charge in [-0.15, -0.1) is 0 Å². The van der Waals surface area contributed by atoms with E-state index in [1.807, 2.05) is 26.4 Å². The summed E-state index contributed by atoms with van der Waals surface area (Å²) in [5.74, 6) is 0.126. The van der Waals surface area contributed by atoms with Crippen molar-refractivity contribution < 1.29 is 4.79 Å². The Morgan fingerprint density at radius 2 is 2.24 bits per heavy atom. The Balaban J connectivity index is 1.99. The summed E-state index contributed by atoms with van der Waals surface area (Å²) in [6.07, 6.45) is 6.36. The number of carbonyl (C=O) groups excluding carboxylic acids is 1. The van der Waals surface area contributed by atoms with Gasteiger partial charge in [0.2, 0.25) is 5.91 Å². The number of aryl methyl sites for hydroxylation is 1. The summed E-state index contributed by atoms with van der Waals surface area (Å²) >= 11 is 0. The van der Waals surface area contributed by atoms with E-state index < -0.39 is 0 Å². The van der Waals surface area contributed by atoms with Crippen LogP contribution in [0.4, 0.5) is 0 Å². The molecule has 1 amide bonds. The van der Waals surface area contributed by atoms with Gasteiger partial charge in [-0.1, -0.05) is 6.92 Å². The number of hydrogen-bond acceptors (Lipinski definition) is 3. The molecule has 5 heteroatoms. The molecule has 0 aliphatic heterocycles. The van der Waals surface area contributed by atoms with Crippen LogP contribution in [0.25, 0.3) is 0 Å². The number of carbonyl (C=O) groups is 1. The summed E-state index contributed by atoms with van der Waals surface area (Å²) in [6, 6.07) is 0. The summed E-state index contributed by atoms with van der Waals surface area (Å²) in [7, 11) is 1.91. The highest BCUT2D eigenvalue weighted by atomic mass is 16.1. The zero-order chi connectivity index (χ0) is 12.5. The molecule has 1 heterocycles. The molecule has 0 saturated heterocycles. The number of aromatic nitrogens is 2. The molecule has 17 heavy (non-hydrogen) atoms. The Morgan fingerprint density at radius 3 is 2.88 bits per heavy atom. The van der Waals surface area contributed by atoms with Crippen molar-refractivity contribution in [1.29, 1.82) is 0 Å². The lowest BCUT2D eigenvalue weighted by Crippen LogP contribution is -2.28. The van der Waals surface area contributed by atoms with Crippen molar-refractivity contribution in [3.63, 3.8) is 0 Å². The van der Waals surface area contributed by atoms with Crippen LogP contribution in [0.3, 0.4) is 0 Å². The van der Waals surface area contributed by atoms with E-state index >= 15 is 0 Å². The first-order valence-electron chi connectivity index (χ1n) is 6.17. The van der Waals surface area contributed by atoms with Gasteiger partial charge in [-0.3, -0.25) is 9.48 Å². The lowest BCUT2D eigenvalue weighted by atomic mass is 10.2. The highest BCUT2D eigenvalue weighted by Crippen LogP contribution is 1.95. The van der Waals surface area contributed by atoms with Gasteiger partial charge < -0.3 is 10.6 Å². The lowest BCUT2D eigenvalue weighted by Gasteiger charge is -2.04. The first-order chi connectivity index (χ1) is 8.22. The minimum absolute atomic E-state index is 0.126. The molecule has 0 fully saturated rings. The molecular formula is C12H22N4O. The summed E-state index contributed by atoms with van der Waals surface area (Å²) in [4.78, 5) is 11.3. The minimum Gasteiger partial charge on any atom is -0.356 e. The molecule has 0 aliphatic carbocycles. The van der Waals surface area contributed by atoms with Crippen LogP contribution in [0.1, 0.15) is 25.3 Å². The maximum absolute atomic E-state index is 11.3. The van der Waals surface area contributed by atoms with Crippen LogP contribution in [0.5, 0.6) is 0 Å². The van der Waals surface area contributed by atoms with Crippen molar-refractivity contribution in [3.8, 4) is 0 Å². The Labute approximate surface area is 103 Å². The number of hydrogen-bond donors (Lipinski definition) is 2. The van der Waals surface area contributed by atoms with Crippen LogP contribution in [0, 0.1) is 0 Å². The van der Waals surface area contributed by atoms with Crippen molar-refractivity contribution in [2.24, 2.45) is 7.05 Å². The standard InChI is InChI=1S/C12H22N4O/c1-3-6-14-12(17)5-8-13-7-4-11-9-15-16(2)10-11/h9-10,13H,3-8H2,1-2H3,(H,14,17). The number of rotatable bonds is 8. The van der Waals surface area contributed by atoms with E-state index in [1.165, 1.54) is 5.56 Å². The second kappa shape index (κ2) is 7.84. The highest BCUT2D eigenvalue weighted by Gasteiger charge is 1.99. The van der Waals surface area contributed by atoms with E-state index in [0.29, 0.717) is 6.42 Å². The molecule has 1 rings (SSSR count). The molecule has 0 unspecified atom stereocenters. The van der Waals surface area contributed by atoms with Crippen molar-refractivity contribution in [2.45, 2.75) is 26.2 Å². The Kier molecular flexibility index (Phi) is 6.32. The monoisotopic (exact) mass is 238 g/mol. The second-order valence-corrected chi connectivity index (χ2v) is 4.12. The van der Waals surface area contributed by atoms with Crippen LogP contribution >= 0.6 is 0 Å². The third-order valence-corrected chi connectivity index (χ3v) is 2.45. The van der Waals surface area contributed by atoms with E-state index in [4.69, 9.17) is 0 Å². The molecule has 0 aliphatic rings. The molecule has 0 spiro atoms. The summed E-state index contributed by atoms with van der Waals surface area (Å²) in [6.45, 7) is 4.43. The van der Waals surface area contributed by atoms with Crippen molar-refractivity contribution in [3.05, 3.63) is 18.0 Å². The highest BCUT2D eigenvalue weighted by molar-refractivity contribution is 5.75. The molecule has 1 aromatic rings. The summed E-state index contributed by atoms with van der Waals surface area (Å²) in [5.41, 5.74) is 1.22. The van der Waals surface area contributed by atoms with Crippen LogP contribution in [0.2, 0.25) is 0 Å². The van der Waals surface area contributed by atoms with E-state index in [2.05, 4.69) is 15.7 Å². The molecule has 96 valence electrons. The fourth-order valence-electron chi connectivity index (χ4n) is 1.51. The van der Waals surface area contributed by atoms with E-state index in [9.17, 15) is 4.79 Å². The molecule has 0 atom stereocenters. The van der Waals surface area contributed by atoms with Gasteiger partial charge in [0.25, 0.3) is 0 Å². The molecule has 0 bridgehead atoms. The first kappa shape index (κ1) is 13.7. The number of nitrogens with one attached hydrogen (secondary N) is 2. The SMILES string of the molecule is CCCNC(=O)CCNCCc1cnn(C)c1. The summed E-state index contributed by atoms with van der Waals surface area (Å²) < 4.78 is 1.80. The predicted molar refractivity (Wildman–Crippen MR) is 67.7 cm³/mol. The number of amides is 1. The fourth-order valence-corrected chi connectivity index (χ4v) is 1.51. The van der Waals surface area contributed by atoms with Gasteiger partial charge in [0.05, 0.1) is 6.20 Å². The van der Waals surface area contributed by atoms with Crippen LogP contribution in [-0.2, 0) is 18.3 Å². The van der Waals surface area contributed by atoms with Gasteiger partial charge >= 0.3 is 0 Å². The van der Waals surface area contributed by atoms with Crippen molar-refractivity contribution in [1.82, 2.24) is 20.4 Å². The van der Waals surface area contributed by atoms with Crippen LogP contribution in [0.15, 0.2) is 12.4 Å². The Morgan fingerprint density at radius 1 is 1.41 bits per heavy atom. The van der Waals surface area contributed by atoms with Gasteiger partial charge in [-0.2, -0.15) is 5.10 Å². The molecule has 0 aromatic carbocycles. The molecule has 2 N–H and O–H groups in total. The smallest absolute Gasteiger partial charge is 0.221 e. The second-order valence-electron chi connectivity index (χ2n) is 4.12. The fraction of sp³-hybridized carbons (Fsp3) is 0.667. The molecule has 0 saturated carbocycles. The predicted octanol–water partition coefficient (Wildman–Crippen LogP) is 0.469. The zero-order valence-electron chi connectivity index (χ0n) is 10.7. The van der Waals surface area contributed by atoms with Gasteiger partial charge in [-0.05, 0) is 24.9 Å². The van der Waals surface area contributed by atoms with E-state index in [1.54, 1.807) is 4.68 Å². The molecule has 1 aromatic heterocycles. The maximum atomic E-state index is 11.3. The largest absolute Gasteiger partial charge is 0.356 e. The quantitative estimate of drug-likeness (QED) is 0.647. The van der Waals surface area contributed by atoms with Crippen molar-refractivity contribution >= 4 is 5.91 Å². The third kappa shape index (κ3) is 6.06. The van der Waals surface area contributed by atoms with E-state index in [0.717, 1.165) is 32.5 Å². The normalized spacial score (nSPS) is 10.5. The molecule has 5 nitrogen and oxygen atoms in total. The van der Waals surface area contributed by atoms with Gasteiger partial charge in [0.15, 0.2) is 0 Å². The maximum Gasteiger partial charge on any atom is 0.221 e. The lowest BCUT2D eigenvalue weighted by molar-refractivity contribution is -0.120. The Hall–Kier alpha value is -1.36. The summed E-state index contributed by atoms with van der Waals surface area (Å²) in [5, 5.41) is 10.2. The third-order valence-electron chi connectivity index (χ3n) is 2.45. The first-order valence-corrected chi connectivity index (χ1v) is 6.17. The topological polar surface area (TPSA) is 59.0 Å². The Bertz CT molecular complexity index is 335. The van der Waals surface area contributed by atoms with Gasteiger partial charge in [-0.25, -0.2) is 0 Å². The van der Waals surface area contributed by atoms with Gasteiger partial charge in [0, 0.05) is 32.8 Å². The zero-order valence-corrected chi connectivity index (χ0v) is 10.7. The molecular weight excluding hydrogens is 216 g/mol. The van der Waals surface area contributed by atoms with Gasteiger partial charge in [0.1, 0.15) is 0 Å². The molecule has 0 radical (unpaired) electrons. The van der Waals surface area contributed by atoms with Crippen LogP contribution < -0.4 is 10.6 Å². The average Bonchev–Trinajstić information content (AvgIpc) is 2.72. The van der Waals surface area contributed by atoms with Crippen LogP contribution in [-0.4, -0.2) is 35.3 Å².